The van der Waals surface area contributed by atoms with E-state index in [2.05, 4.69) is 48.6 Å². The largest absolute Gasteiger partial charge is 0.495 e. The molecule has 1 unspecified atom stereocenters. The third kappa shape index (κ3) is 6.42. The number of piperidine rings is 1. The molecule has 5 N–H and O–H groups in total. The van der Waals surface area contributed by atoms with Crippen molar-refractivity contribution in [2.24, 2.45) is 5.73 Å². The number of aromatic nitrogens is 4. The van der Waals surface area contributed by atoms with E-state index in [0.29, 0.717) is 29.9 Å². The van der Waals surface area contributed by atoms with Crippen LogP contribution in [0.2, 0.25) is 0 Å². The molecule has 1 aliphatic carbocycles. The number of anilines is 4. The van der Waals surface area contributed by atoms with Gasteiger partial charge in [-0.15, -0.1) is 0 Å². The number of amides is 1. The summed E-state index contributed by atoms with van der Waals surface area (Å²) < 4.78 is 11.9. The highest BCUT2D eigenvalue weighted by Gasteiger charge is 2.48. The van der Waals surface area contributed by atoms with E-state index in [9.17, 15) is 4.79 Å². The fourth-order valence-electron chi connectivity index (χ4n) is 7.02. The van der Waals surface area contributed by atoms with Crippen molar-refractivity contribution in [3.05, 3.63) is 36.2 Å². The van der Waals surface area contributed by atoms with E-state index in [1.165, 1.54) is 0 Å². The molecule has 1 atom stereocenters. The Balaban J connectivity index is 1.11. The van der Waals surface area contributed by atoms with E-state index in [1.807, 2.05) is 12.1 Å². The predicted molar refractivity (Wildman–Crippen MR) is 173 cm³/mol. The van der Waals surface area contributed by atoms with Crippen LogP contribution >= 0.6 is 0 Å². The quantitative estimate of drug-likeness (QED) is 0.281. The summed E-state index contributed by atoms with van der Waals surface area (Å²) in [4.78, 5) is 29.7. The number of primary amides is 1. The molecule has 1 spiro atoms. The number of aromatic amines is 1. The van der Waals surface area contributed by atoms with Crippen LogP contribution in [-0.2, 0) is 4.74 Å². The first kappa shape index (κ1) is 29.8. The predicted octanol–water partition coefficient (Wildman–Crippen LogP) is 3.06. The van der Waals surface area contributed by atoms with Crippen LogP contribution in [0.25, 0.3) is 11.4 Å². The number of methoxy groups -OCH3 is 1. The molecule has 7 rings (SSSR count). The molecule has 3 aliphatic heterocycles. The highest BCUT2D eigenvalue weighted by Crippen LogP contribution is 2.47. The zero-order valence-electron chi connectivity index (χ0n) is 26.2. The van der Waals surface area contributed by atoms with E-state index in [-0.39, 0.29) is 23.2 Å². The molecule has 0 radical (unpaired) electrons. The van der Waals surface area contributed by atoms with Gasteiger partial charge in [0.25, 0.3) is 5.91 Å². The van der Waals surface area contributed by atoms with Crippen LogP contribution in [0.1, 0.15) is 49.0 Å². The minimum absolute atomic E-state index is 0.0100. The summed E-state index contributed by atoms with van der Waals surface area (Å²) in [7, 11) is 3.89. The second-order valence-electron chi connectivity index (χ2n) is 12.9. The Bertz CT molecular complexity index is 1500. The Labute approximate surface area is 263 Å². The zero-order chi connectivity index (χ0) is 31.0. The number of H-pyrrole nitrogens is 1. The minimum Gasteiger partial charge on any atom is -0.495 e. The van der Waals surface area contributed by atoms with Crippen LogP contribution < -0.4 is 26.0 Å². The monoisotopic (exact) mass is 616 g/mol. The molecule has 3 aromatic rings. The molecular formula is C32H44N10O3. The fraction of sp³-hybridized carbons (Fsp3) is 0.562. The van der Waals surface area contributed by atoms with Gasteiger partial charge in [0.2, 0.25) is 0 Å². The van der Waals surface area contributed by atoms with Gasteiger partial charge >= 0.3 is 0 Å². The molecule has 240 valence electrons. The number of ether oxygens (including phenoxy) is 2. The molecule has 1 saturated carbocycles. The lowest BCUT2D eigenvalue weighted by Gasteiger charge is -2.42. The van der Waals surface area contributed by atoms with Gasteiger partial charge in [-0.25, -0.2) is 9.97 Å². The third-order valence-electron chi connectivity index (χ3n) is 9.83. The maximum atomic E-state index is 12.6. The van der Waals surface area contributed by atoms with Crippen molar-refractivity contribution in [1.82, 2.24) is 30.0 Å². The third-order valence-corrected chi connectivity index (χ3v) is 9.83. The number of nitrogens with two attached hydrogens (primary N) is 1. The number of likely N-dealkylation sites (N-methyl/N-ethyl adjacent to an activating group) is 1. The molecule has 3 saturated heterocycles. The van der Waals surface area contributed by atoms with Crippen molar-refractivity contribution in [3.8, 4) is 17.1 Å². The number of benzene rings is 1. The van der Waals surface area contributed by atoms with Gasteiger partial charge < -0.3 is 35.6 Å². The van der Waals surface area contributed by atoms with Crippen LogP contribution in [0.3, 0.4) is 0 Å². The van der Waals surface area contributed by atoms with Crippen molar-refractivity contribution < 1.29 is 14.3 Å². The van der Waals surface area contributed by atoms with Crippen LogP contribution in [0.15, 0.2) is 30.5 Å². The SMILES string of the molecule is COc1cc(Nc2nc(NC3CCOC4(CC4)C3)c(-c3ccn[nH]3)nc2C(N)=O)ccc1N1CCC(N2CCN(C)CC2)CC1. The number of nitrogens with one attached hydrogen (secondary N) is 3. The second kappa shape index (κ2) is 12.5. The van der Waals surface area contributed by atoms with Crippen LogP contribution in [0.5, 0.6) is 5.75 Å². The molecule has 5 heterocycles. The summed E-state index contributed by atoms with van der Waals surface area (Å²) in [6.07, 6.45) is 7.86. The molecule has 2 aromatic heterocycles. The highest BCUT2D eigenvalue weighted by molar-refractivity contribution is 5.97. The topological polar surface area (TPSA) is 150 Å². The average Bonchev–Trinajstić information content (AvgIpc) is 3.55. The van der Waals surface area contributed by atoms with Crippen molar-refractivity contribution in [3.63, 3.8) is 0 Å². The summed E-state index contributed by atoms with van der Waals surface area (Å²) in [5.41, 5.74) is 8.80. The molecule has 4 fully saturated rings. The van der Waals surface area contributed by atoms with E-state index in [4.69, 9.17) is 25.2 Å². The Hall–Kier alpha value is -3.94. The minimum atomic E-state index is -0.674. The zero-order valence-corrected chi connectivity index (χ0v) is 26.2. The van der Waals surface area contributed by atoms with Gasteiger partial charge in [0.05, 0.1) is 24.1 Å². The molecule has 45 heavy (non-hydrogen) atoms. The Kier molecular flexibility index (Phi) is 8.23. The smallest absolute Gasteiger partial charge is 0.271 e. The van der Waals surface area contributed by atoms with Crippen LogP contribution in [0.4, 0.5) is 23.0 Å². The van der Waals surface area contributed by atoms with E-state index in [1.54, 1.807) is 19.4 Å². The van der Waals surface area contributed by atoms with Crippen LogP contribution in [-0.4, -0.2) is 114 Å². The first-order valence-electron chi connectivity index (χ1n) is 16.1. The molecule has 13 heteroatoms. The van der Waals surface area contributed by atoms with Crippen molar-refractivity contribution in [1.29, 1.82) is 0 Å². The average molecular weight is 617 g/mol. The van der Waals surface area contributed by atoms with E-state index < -0.39 is 5.91 Å². The number of nitrogens with zero attached hydrogens (tertiary/aromatic N) is 6. The van der Waals surface area contributed by atoms with Crippen LogP contribution in [0, 0.1) is 0 Å². The van der Waals surface area contributed by atoms with Gasteiger partial charge in [-0.3, -0.25) is 14.8 Å². The Morgan fingerprint density at radius 1 is 1.07 bits per heavy atom. The maximum absolute atomic E-state index is 12.6. The van der Waals surface area contributed by atoms with Gasteiger partial charge in [-0.1, -0.05) is 0 Å². The van der Waals surface area contributed by atoms with Gasteiger partial charge in [0.1, 0.15) is 11.4 Å². The Morgan fingerprint density at radius 3 is 2.56 bits per heavy atom. The first-order chi connectivity index (χ1) is 21.9. The van der Waals surface area contributed by atoms with E-state index >= 15 is 0 Å². The standard InChI is InChI=1S/C32H44N10O3/c1-40-14-16-41(17-15-40)23-6-12-42(13-7-23)25-4-3-21(19-26(25)44-2)35-31-28(29(33)43)37-27(24-5-11-34-39-24)30(38-31)36-22-8-18-45-32(20-22)9-10-32/h3-5,11,19,22-23H,6-10,12-18,20H2,1-2H3,(H2,33,43)(H,34,39)(H2,35,36,38). The summed E-state index contributed by atoms with van der Waals surface area (Å²) in [6, 6.07) is 8.61. The molecule has 0 bridgehead atoms. The molecule has 13 nitrogen and oxygen atoms in total. The summed E-state index contributed by atoms with van der Waals surface area (Å²) in [5.74, 6) is 0.925. The normalized spacial score (nSPS) is 22.4. The molecular weight excluding hydrogens is 572 g/mol. The number of rotatable bonds is 9. The lowest BCUT2D eigenvalue weighted by molar-refractivity contribution is -0.00884. The second-order valence-corrected chi connectivity index (χ2v) is 12.9. The number of hydrogen-bond donors (Lipinski definition) is 4. The first-order valence-corrected chi connectivity index (χ1v) is 16.1. The van der Waals surface area contributed by atoms with Crippen molar-refractivity contribution in [2.75, 3.05) is 75.6 Å². The number of hydrogen-bond acceptors (Lipinski definition) is 11. The number of carbonyl (C=O) groups excluding carboxylic acids is 1. The van der Waals surface area contributed by atoms with Crippen molar-refractivity contribution in [2.45, 2.75) is 56.2 Å². The van der Waals surface area contributed by atoms with Gasteiger partial charge in [0.15, 0.2) is 17.3 Å². The lowest BCUT2D eigenvalue weighted by Crippen LogP contribution is -2.52. The summed E-state index contributed by atoms with van der Waals surface area (Å²) >= 11 is 0. The fourth-order valence-corrected chi connectivity index (χ4v) is 7.02. The van der Waals surface area contributed by atoms with Gasteiger partial charge in [-0.05, 0) is 63.8 Å². The van der Waals surface area contributed by atoms with Gasteiger partial charge in [-0.2, -0.15) is 5.10 Å². The number of piperazine rings is 1. The Morgan fingerprint density at radius 2 is 1.87 bits per heavy atom. The summed E-state index contributed by atoms with van der Waals surface area (Å²) in [6.45, 7) is 7.25. The number of carbonyl (C=O) groups is 1. The molecule has 1 amide bonds. The lowest BCUT2D eigenvalue weighted by atomic mass is 10.0. The van der Waals surface area contributed by atoms with Crippen molar-refractivity contribution >= 4 is 28.9 Å². The maximum Gasteiger partial charge on any atom is 0.271 e. The van der Waals surface area contributed by atoms with E-state index in [0.717, 1.165) is 94.9 Å². The highest BCUT2D eigenvalue weighted by atomic mass is 16.5. The molecule has 4 aliphatic rings. The summed E-state index contributed by atoms with van der Waals surface area (Å²) in [5, 5.41) is 14.0. The molecule has 1 aromatic carbocycles. The van der Waals surface area contributed by atoms with Gasteiger partial charge in [0, 0.05) is 75.9 Å².